The van der Waals surface area contributed by atoms with Crippen molar-refractivity contribution in [3.8, 4) is 0 Å². The standard InChI is InChI=1S/C12H17FN2O3/c1-12(2,16)8-14(3)7-9-5-4-6-10(11(9)13)15(17)18/h4-6,16H,7-8H2,1-3H3. The molecule has 1 rings (SSSR count). The molecule has 5 nitrogen and oxygen atoms in total. The lowest BCUT2D eigenvalue weighted by Crippen LogP contribution is -2.36. The van der Waals surface area contributed by atoms with Crippen molar-refractivity contribution in [2.24, 2.45) is 0 Å². The summed E-state index contributed by atoms with van der Waals surface area (Å²) < 4.78 is 13.8. The molecule has 0 unspecified atom stereocenters. The molecule has 1 aromatic carbocycles. The van der Waals surface area contributed by atoms with E-state index >= 15 is 0 Å². The number of hydrogen-bond donors (Lipinski definition) is 1. The normalized spacial score (nSPS) is 11.9. The van der Waals surface area contributed by atoms with E-state index in [9.17, 15) is 19.6 Å². The molecule has 0 saturated heterocycles. The lowest BCUT2D eigenvalue weighted by atomic mass is 10.1. The molecular weight excluding hydrogens is 239 g/mol. The van der Waals surface area contributed by atoms with Crippen LogP contribution in [0.1, 0.15) is 19.4 Å². The Morgan fingerprint density at radius 1 is 1.50 bits per heavy atom. The van der Waals surface area contributed by atoms with Gasteiger partial charge in [-0.2, -0.15) is 4.39 Å². The Hall–Kier alpha value is -1.53. The summed E-state index contributed by atoms with van der Waals surface area (Å²) in [5.74, 6) is -0.815. The maximum atomic E-state index is 13.8. The van der Waals surface area contributed by atoms with E-state index in [1.165, 1.54) is 12.1 Å². The second-order valence-corrected chi connectivity index (χ2v) is 4.99. The van der Waals surface area contributed by atoms with Crippen LogP contribution in [0, 0.1) is 15.9 Å². The summed E-state index contributed by atoms with van der Waals surface area (Å²) in [5.41, 5.74) is -1.17. The summed E-state index contributed by atoms with van der Waals surface area (Å²) >= 11 is 0. The molecule has 0 aliphatic carbocycles. The van der Waals surface area contributed by atoms with Gasteiger partial charge in [0.25, 0.3) is 0 Å². The number of hydrogen-bond acceptors (Lipinski definition) is 4. The molecule has 0 bridgehead atoms. The van der Waals surface area contributed by atoms with Crippen LogP contribution in [0.5, 0.6) is 0 Å². The summed E-state index contributed by atoms with van der Waals surface area (Å²) in [6.07, 6.45) is 0. The fourth-order valence-electron chi connectivity index (χ4n) is 1.84. The second kappa shape index (κ2) is 5.41. The molecule has 0 atom stereocenters. The van der Waals surface area contributed by atoms with Gasteiger partial charge in [-0.15, -0.1) is 0 Å². The average molecular weight is 256 g/mol. The van der Waals surface area contributed by atoms with E-state index in [-0.39, 0.29) is 12.1 Å². The van der Waals surface area contributed by atoms with Gasteiger partial charge in [-0.1, -0.05) is 12.1 Å². The maximum Gasteiger partial charge on any atom is 0.305 e. The van der Waals surface area contributed by atoms with Gasteiger partial charge < -0.3 is 5.11 Å². The lowest BCUT2D eigenvalue weighted by molar-refractivity contribution is -0.387. The molecule has 0 aliphatic heterocycles. The molecular formula is C12H17FN2O3. The quantitative estimate of drug-likeness (QED) is 0.645. The van der Waals surface area contributed by atoms with Crippen molar-refractivity contribution in [3.63, 3.8) is 0 Å². The highest BCUT2D eigenvalue weighted by Crippen LogP contribution is 2.21. The van der Waals surface area contributed by atoms with Crippen LogP contribution in [0.4, 0.5) is 10.1 Å². The van der Waals surface area contributed by atoms with Crippen LogP contribution in [0.25, 0.3) is 0 Å². The van der Waals surface area contributed by atoms with Crippen LogP contribution >= 0.6 is 0 Å². The molecule has 18 heavy (non-hydrogen) atoms. The molecule has 1 aromatic rings. The fourth-order valence-corrected chi connectivity index (χ4v) is 1.84. The minimum absolute atomic E-state index is 0.206. The zero-order valence-corrected chi connectivity index (χ0v) is 10.7. The molecule has 0 fully saturated rings. The topological polar surface area (TPSA) is 66.6 Å². The van der Waals surface area contributed by atoms with Gasteiger partial charge in [-0.25, -0.2) is 0 Å². The Morgan fingerprint density at radius 3 is 2.61 bits per heavy atom. The Balaban J connectivity index is 2.85. The number of aliphatic hydroxyl groups is 1. The largest absolute Gasteiger partial charge is 0.389 e. The van der Waals surface area contributed by atoms with Crippen molar-refractivity contribution in [3.05, 3.63) is 39.7 Å². The van der Waals surface area contributed by atoms with Crippen LogP contribution in [0.15, 0.2) is 18.2 Å². The van der Waals surface area contributed by atoms with E-state index in [1.807, 2.05) is 0 Å². The first-order chi connectivity index (χ1) is 8.20. The first-order valence-electron chi connectivity index (χ1n) is 5.53. The van der Waals surface area contributed by atoms with E-state index in [1.54, 1.807) is 25.8 Å². The van der Waals surface area contributed by atoms with Crippen LogP contribution in [0.3, 0.4) is 0 Å². The third-order valence-corrected chi connectivity index (χ3v) is 2.35. The lowest BCUT2D eigenvalue weighted by Gasteiger charge is -2.25. The van der Waals surface area contributed by atoms with Crippen molar-refractivity contribution in [2.75, 3.05) is 13.6 Å². The van der Waals surface area contributed by atoms with Gasteiger partial charge in [-0.05, 0) is 20.9 Å². The van der Waals surface area contributed by atoms with Gasteiger partial charge in [0.05, 0.1) is 10.5 Å². The van der Waals surface area contributed by atoms with Gasteiger partial charge in [0.1, 0.15) is 0 Å². The number of benzene rings is 1. The molecule has 0 aromatic heterocycles. The van der Waals surface area contributed by atoms with Crippen molar-refractivity contribution in [1.82, 2.24) is 4.90 Å². The first-order valence-corrected chi connectivity index (χ1v) is 5.53. The summed E-state index contributed by atoms with van der Waals surface area (Å²) in [5, 5.41) is 20.2. The highest BCUT2D eigenvalue weighted by molar-refractivity contribution is 5.36. The number of halogens is 1. The maximum absolute atomic E-state index is 13.8. The van der Waals surface area contributed by atoms with Gasteiger partial charge in [0.15, 0.2) is 0 Å². The molecule has 6 heteroatoms. The van der Waals surface area contributed by atoms with Crippen LogP contribution < -0.4 is 0 Å². The number of likely N-dealkylation sites (N-methyl/N-ethyl adjacent to an activating group) is 1. The van der Waals surface area contributed by atoms with E-state index in [0.29, 0.717) is 6.54 Å². The van der Waals surface area contributed by atoms with Crippen LogP contribution in [-0.2, 0) is 6.54 Å². The highest BCUT2D eigenvalue weighted by Gasteiger charge is 2.20. The predicted octanol–water partition coefficient (Wildman–Crippen LogP) is 1.94. The summed E-state index contributed by atoms with van der Waals surface area (Å²) in [6, 6.07) is 4.09. The predicted molar refractivity (Wildman–Crippen MR) is 65.7 cm³/mol. The third kappa shape index (κ3) is 4.05. The van der Waals surface area contributed by atoms with Gasteiger partial charge in [0, 0.05) is 24.7 Å². The number of nitrogens with zero attached hydrogens (tertiary/aromatic N) is 2. The molecule has 0 heterocycles. The second-order valence-electron chi connectivity index (χ2n) is 4.99. The van der Waals surface area contributed by atoms with E-state index in [4.69, 9.17) is 0 Å². The van der Waals surface area contributed by atoms with Crippen LogP contribution in [0.2, 0.25) is 0 Å². The molecule has 0 amide bonds. The van der Waals surface area contributed by atoms with Crippen LogP contribution in [-0.4, -0.2) is 34.1 Å². The number of nitro benzene ring substituents is 1. The SMILES string of the molecule is CN(Cc1cccc([N+](=O)[O-])c1F)CC(C)(C)O. The number of nitro groups is 1. The smallest absolute Gasteiger partial charge is 0.305 e. The zero-order chi connectivity index (χ0) is 13.9. The average Bonchev–Trinajstić information content (AvgIpc) is 2.17. The molecule has 0 spiro atoms. The molecule has 100 valence electrons. The van der Waals surface area contributed by atoms with Crippen molar-refractivity contribution < 1.29 is 14.4 Å². The Bertz CT molecular complexity index is 443. The zero-order valence-electron chi connectivity index (χ0n) is 10.7. The minimum atomic E-state index is -0.897. The van der Waals surface area contributed by atoms with E-state index < -0.39 is 22.0 Å². The van der Waals surface area contributed by atoms with Gasteiger partial charge in [-0.3, -0.25) is 15.0 Å². The van der Waals surface area contributed by atoms with E-state index in [2.05, 4.69) is 0 Å². The summed E-state index contributed by atoms with van der Waals surface area (Å²) in [4.78, 5) is 11.6. The molecule has 0 radical (unpaired) electrons. The molecule has 1 N–H and O–H groups in total. The number of rotatable bonds is 5. The van der Waals surface area contributed by atoms with Gasteiger partial charge in [0.2, 0.25) is 5.82 Å². The summed E-state index contributed by atoms with van der Waals surface area (Å²) in [6.45, 7) is 3.84. The third-order valence-electron chi connectivity index (χ3n) is 2.35. The molecule has 0 aliphatic rings. The van der Waals surface area contributed by atoms with Crippen molar-refractivity contribution >= 4 is 5.69 Å². The highest BCUT2D eigenvalue weighted by atomic mass is 19.1. The molecule has 0 saturated carbocycles. The Labute approximate surface area is 105 Å². The minimum Gasteiger partial charge on any atom is -0.389 e. The fraction of sp³-hybridized carbons (Fsp3) is 0.500. The first kappa shape index (κ1) is 14.5. The summed E-state index contributed by atoms with van der Waals surface area (Å²) in [7, 11) is 1.72. The van der Waals surface area contributed by atoms with E-state index in [0.717, 1.165) is 6.07 Å². The Kier molecular flexibility index (Phi) is 4.37. The van der Waals surface area contributed by atoms with Crippen molar-refractivity contribution in [2.45, 2.75) is 26.0 Å². The monoisotopic (exact) mass is 256 g/mol. The van der Waals surface area contributed by atoms with Crippen molar-refractivity contribution in [1.29, 1.82) is 0 Å². The van der Waals surface area contributed by atoms with Gasteiger partial charge >= 0.3 is 5.69 Å². The Morgan fingerprint density at radius 2 is 2.11 bits per heavy atom.